The zero-order valence-electron chi connectivity index (χ0n) is 17.1. The zero-order valence-corrected chi connectivity index (χ0v) is 18.7. The van der Waals surface area contributed by atoms with Gasteiger partial charge in [-0.05, 0) is 55.3 Å². The topological polar surface area (TPSA) is 85.1 Å². The Balaban J connectivity index is 1.90. The molecule has 0 saturated heterocycles. The van der Waals surface area contributed by atoms with E-state index in [2.05, 4.69) is 5.32 Å². The number of halogens is 2. The third-order valence-electron chi connectivity index (χ3n) is 5.15. The van der Waals surface area contributed by atoms with Gasteiger partial charge in [0.1, 0.15) is 5.69 Å². The average Bonchev–Trinajstić information content (AvgIpc) is 2.74. The number of carbonyl (C=O) groups excluding carboxylic acids is 1. The van der Waals surface area contributed by atoms with Gasteiger partial charge in [-0.25, -0.2) is 4.98 Å². The Kier molecular flexibility index (Phi) is 5.82. The SMILES string of the molecule is Cc1ccc(NC(=O)c2c(C)c(-c3ccc(Cl)cc3Cl)nc3ccccc23)c([N+](=O)[O-])c1. The van der Waals surface area contributed by atoms with Crippen molar-refractivity contribution in [3.8, 4) is 11.3 Å². The number of nitrogens with one attached hydrogen (secondary N) is 1. The lowest BCUT2D eigenvalue weighted by Crippen LogP contribution is -2.16. The second-order valence-electron chi connectivity index (χ2n) is 7.33. The number of fused-ring (bicyclic) bond motifs is 1. The van der Waals surface area contributed by atoms with E-state index in [9.17, 15) is 14.9 Å². The summed E-state index contributed by atoms with van der Waals surface area (Å²) in [5.74, 6) is -0.473. The number of anilines is 1. The molecule has 0 bridgehead atoms. The molecule has 4 aromatic rings. The van der Waals surface area contributed by atoms with Crippen LogP contribution in [-0.2, 0) is 0 Å². The minimum atomic E-state index is -0.515. The molecule has 1 amide bonds. The van der Waals surface area contributed by atoms with Gasteiger partial charge < -0.3 is 5.32 Å². The molecule has 1 N–H and O–H groups in total. The van der Waals surface area contributed by atoms with E-state index in [0.717, 1.165) is 5.56 Å². The fraction of sp³-hybridized carbons (Fsp3) is 0.0833. The van der Waals surface area contributed by atoms with E-state index in [-0.39, 0.29) is 11.4 Å². The van der Waals surface area contributed by atoms with Crippen molar-refractivity contribution in [2.75, 3.05) is 5.32 Å². The van der Waals surface area contributed by atoms with Crippen LogP contribution in [0.5, 0.6) is 0 Å². The van der Waals surface area contributed by atoms with Crippen molar-refractivity contribution >= 4 is 51.4 Å². The Morgan fingerprint density at radius 1 is 1.03 bits per heavy atom. The summed E-state index contributed by atoms with van der Waals surface area (Å²) in [6.07, 6.45) is 0. The Morgan fingerprint density at radius 2 is 1.78 bits per heavy atom. The quantitative estimate of drug-likeness (QED) is 0.260. The molecule has 160 valence electrons. The van der Waals surface area contributed by atoms with Crippen LogP contribution in [0.15, 0.2) is 60.7 Å². The number of nitrogens with zero attached hydrogens (tertiary/aromatic N) is 2. The van der Waals surface area contributed by atoms with E-state index in [1.54, 1.807) is 50.2 Å². The number of para-hydroxylation sites is 1. The van der Waals surface area contributed by atoms with E-state index in [0.29, 0.717) is 43.3 Å². The van der Waals surface area contributed by atoms with Crippen molar-refractivity contribution in [1.82, 2.24) is 4.98 Å². The average molecular weight is 466 g/mol. The molecule has 3 aromatic carbocycles. The Hall–Kier alpha value is -3.48. The van der Waals surface area contributed by atoms with Crippen molar-refractivity contribution in [2.45, 2.75) is 13.8 Å². The first kappa shape index (κ1) is 21.7. The van der Waals surface area contributed by atoms with Crippen LogP contribution in [0, 0.1) is 24.0 Å². The second kappa shape index (κ2) is 8.57. The molecule has 6 nitrogen and oxygen atoms in total. The van der Waals surface area contributed by atoms with Crippen LogP contribution in [0.3, 0.4) is 0 Å². The third kappa shape index (κ3) is 4.02. The number of aromatic nitrogens is 1. The summed E-state index contributed by atoms with van der Waals surface area (Å²) in [4.78, 5) is 29.1. The molecule has 0 saturated carbocycles. The minimum absolute atomic E-state index is 0.122. The largest absolute Gasteiger partial charge is 0.316 e. The summed E-state index contributed by atoms with van der Waals surface area (Å²) in [5.41, 5.74) is 3.41. The highest BCUT2D eigenvalue weighted by Gasteiger charge is 2.23. The Bertz CT molecular complexity index is 1400. The number of hydrogen-bond donors (Lipinski definition) is 1. The Labute approximate surface area is 194 Å². The van der Waals surface area contributed by atoms with E-state index < -0.39 is 10.8 Å². The fourth-order valence-corrected chi connectivity index (χ4v) is 4.12. The summed E-state index contributed by atoms with van der Waals surface area (Å²) in [7, 11) is 0. The number of nitro groups is 1. The van der Waals surface area contributed by atoms with Gasteiger partial charge in [-0.15, -0.1) is 0 Å². The van der Waals surface area contributed by atoms with E-state index >= 15 is 0 Å². The molecule has 32 heavy (non-hydrogen) atoms. The predicted molar refractivity (Wildman–Crippen MR) is 128 cm³/mol. The molecule has 0 spiro atoms. The van der Waals surface area contributed by atoms with E-state index in [1.807, 2.05) is 12.1 Å². The molecule has 4 rings (SSSR count). The lowest BCUT2D eigenvalue weighted by atomic mass is 9.97. The number of aryl methyl sites for hydroxylation is 1. The summed E-state index contributed by atoms with van der Waals surface area (Å²) in [5, 5.41) is 15.7. The molecule has 0 radical (unpaired) electrons. The van der Waals surface area contributed by atoms with Crippen LogP contribution in [0.2, 0.25) is 10.0 Å². The molecule has 0 aliphatic carbocycles. The van der Waals surface area contributed by atoms with Crippen molar-refractivity contribution in [3.05, 3.63) is 97.5 Å². The van der Waals surface area contributed by atoms with Gasteiger partial charge in [0.05, 0.1) is 26.7 Å². The fourth-order valence-electron chi connectivity index (χ4n) is 3.63. The predicted octanol–water partition coefficient (Wildman–Crippen LogP) is 6.99. The van der Waals surface area contributed by atoms with Crippen LogP contribution >= 0.6 is 23.2 Å². The number of amides is 1. The first-order chi connectivity index (χ1) is 15.3. The summed E-state index contributed by atoms with van der Waals surface area (Å²) < 4.78 is 0. The van der Waals surface area contributed by atoms with Gasteiger partial charge in [0.15, 0.2) is 0 Å². The number of rotatable bonds is 4. The maximum absolute atomic E-state index is 13.4. The molecule has 0 aliphatic rings. The third-order valence-corrected chi connectivity index (χ3v) is 5.70. The number of nitro benzene ring substituents is 1. The van der Waals surface area contributed by atoms with Crippen molar-refractivity contribution in [2.24, 2.45) is 0 Å². The van der Waals surface area contributed by atoms with E-state index in [4.69, 9.17) is 28.2 Å². The van der Waals surface area contributed by atoms with Gasteiger partial charge in [0, 0.05) is 22.0 Å². The maximum Gasteiger partial charge on any atom is 0.293 e. The molecule has 0 fully saturated rings. The smallest absolute Gasteiger partial charge is 0.293 e. The van der Waals surface area contributed by atoms with Gasteiger partial charge in [0.25, 0.3) is 11.6 Å². The minimum Gasteiger partial charge on any atom is -0.316 e. The van der Waals surface area contributed by atoms with Crippen LogP contribution in [0.1, 0.15) is 21.5 Å². The van der Waals surface area contributed by atoms with Crippen molar-refractivity contribution in [3.63, 3.8) is 0 Å². The van der Waals surface area contributed by atoms with Crippen molar-refractivity contribution < 1.29 is 9.72 Å². The van der Waals surface area contributed by atoms with Gasteiger partial charge in [-0.1, -0.05) is 47.5 Å². The van der Waals surface area contributed by atoms with Gasteiger partial charge in [-0.2, -0.15) is 0 Å². The zero-order chi connectivity index (χ0) is 23.0. The lowest BCUT2D eigenvalue weighted by Gasteiger charge is -2.16. The van der Waals surface area contributed by atoms with Gasteiger partial charge in [-0.3, -0.25) is 14.9 Å². The molecule has 1 aromatic heterocycles. The van der Waals surface area contributed by atoms with Crippen LogP contribution in [-0.4, -0.2) is 15.8 Å². The number of carbonyl (C=O) groups is 1. The summed E-state index contributed by atoms with van der Waals surface area (Å²) in [6.45, 7) is 3.53. The highest BCUT2D eigenvalue weighted by Crippen LogP contribution is 2.35. The standard InChI is InChI=1S/C24H17Cl2N3O3/c1-13-7-10-20(21(11-13)29(31)32)28-24(30)22-14(2)23(16-9-8-15(25)12-18(16)26)27-19-6-4-3-5-17(19)22/h3-12H,1-2H3,(H,28,30). The molecule has 0 aliphatic heterocycles. The molecule has 0 atom stereocenters. The first-order valence-corrected chi connectivity index (χ1v) is 10.4. The normalized spacial score (nSPS) is 10.9. The maximum atomic E-state index is 13.4. The Morgan fingerprint density at radius 3 is 2.50 bits per heavy atom. The first-order valence-electron chi connectivity index (χ1n) is 9.67. The van der Waals surface area contributed by atoms with E-state index in [1.165, 1.54) is 12.1 Å². The highest BCUT2D eigenvalue weighted by atomic mass is 35.5. The number of hydrogen-bond acceptors (Lipinski definition) is 4. The molecular weight excluding hydrogens is 449 g/mol. The molecule has 1 heterocycles. The lowest BCUT2D eigenvalue weighted by molar-refractivity contribution is -0.384. The molecular formula is C24H17Cl2N3O3. The summed E-state index contributed by atoms with van der Waals surface area (Å²) >= 11 is 12.5. The monoisotopic (exact) mass is 465 g/mol. The van der Waals surface area contributed by atoms with Crippen molar-refractivity contribution in [1.29, 1.82) is 0 Å². The number of pyridine rings is 1. The number of benzene rings is 3. The van der Waals surface area contributed by atoms with Gasteiger partial charge >= 0.3 is 0 Å². The molecule has 0 unspecified atom stereocenters. The second-order valence-corrected chi connectivity index (χ2v) is 8.18. The highest BCUT2D eigenvalue weighted by molar-refractivity contribution is 6.36. The van der Waals surface area contributed by atoms with Gasteiger partial charge in [0.2, 0.25) is 0 Å². The van der Waals surface area contributed by atoms with Crippen LogP contribution in [0.4, 0.5) is 11.4 Å². The van der Waals surface area contributed by atoms with Crippen LogP contribution in [0.25, 0.3) is 22.2 Å². The van der Waals surface area contributed by atoms with Crippen LogP contribution < -0.4 is 5.32 Å². The molecule has 8 heteroatoms. The summed E-state index contributed by atoms with van der Waals surface area (Å²) in [6, 6.07) is 17.0.